The highest BCUT2D eigenvalue weighted by molar-refractivity contribution is 5.69. The first-order valence-electron chi connectivity index (χ1n) is 6.59. The van der Waals surface area contributed by atoms with Crippen molar-refractivity contribution in [2.75, 3.05) is 67.4 Å². The van der Waals surface area contributed by atoms with Crippen LogP contribution < -0.4 is 0 Å². The van der Waals surface area contributed by atoms with Crippen LogP contribution in [-0.2, 0) is 23.7 Å². The minimum absolute atomic E-state index is 0.182. The molecule has 0 aromatic heterocycles. The molecule has 0 aliphatic heterocycles. The highest BCUT2D eigenvalue weighted by Gasteiger charge is 2.08. The van der Waals surface area contributed by atoms with Gasteiger partial charge in [0.25, 0.3) is 0 Å². The molecule has 0 amide bonds. The largest absolute Gasteiger partial charge is 0.469 e. The molecule has 0 aliphatic carbocycles. The number of esters is 1. The number of nitrogens with zero attached hydrogens (tertiary/aromatic N) is 1. The number of ether oxygens (including phenoxy) is 4. The fraction of sp³-hybridized carbons (Fsp3) is 0.923. The molecule has 0 aromatic rings. The van der Waals surface area contributed by atoms with Crippen LogP contribution in [0, 0.1) is 0 Å². The fourth-order valence-electron chi connectivity index (χ4n) is 1.54. The number of carbonyl (C=O) groups excluding carboxylic acids is 1. The van der Waals surface area contributed by atoms with E-state index in [1.54, 1.807) is 14.2 Å². The van der Waals surface area contributed by atoms with Crippen molar-refractivity contribution < 1.29 is 23.7 Å². The van der Waals surface area contributed by atoms with Gasteiger partial charge in [-0.25, -0.2) is 0 Å². The summed E-state index contributed by atoms with van der Waals surface area (Å²) in [6.07, 6.45) is 1.33. The van der Waals surface area contributed by atoms with E-state index in [9.17, 15) is 4.79 Å². The Labute approximate surface area is 115 Å². The Balaban J connectivity index is 3.69. The first kappa shape index (κ1) is 18.3. The van der Waals surface area contributed by atoms with Crippen LogP contribution >= 0.6 is 0 Å². The summed E-state index contributed by atoms with van der Waals surface area (Å²) in [6, 6.07) is 0. The average Bonchev–Trinajstić information content (AvgIpc) is 2.44. The highest BCUT2D eigenvalue weighted by atomic mass is 16.5. The highest BCUT2D eigenvalue weighted by Crippen LogP contribution is 1.97. The molecule has 0 radical (unpaired) electrons. The number of hydrogen-bond donors (Lipinski definition) is 0. The van der Waals surface area contributed by atoms with Crippen LogP contribution in [0.2, 0.25) is 0 Å². The molecule has 0 atom stereocenters. The lowest BCUT2D eigenvalue weighted by atomic mass is 10.3. The maximum absolute atomic E-state index is 11.1. The van der Waals surface area contributed by atoms with E-state index in [0.717, 1.165) is 19.5 Å². The second kappa shape index (κ2) is 13.7. The number of hydrogen-bond acceptors (Lipinski definition) is 6. The third-order valence-electron chi connectivity index (χ3n) is 2.67. The summed E-state index contributed by atoms with van der Waals surface area (Å²) in [4.78, 5) is 13.3. The van der Waals surface area contributed by atoms with E-state index in [1.807, 2.05) is 0 Å². The lowest BCUT2D eigenvalue weighted by molar-refractivity contribution is -0.141. The molecule has 0 heterocycles. The SMILES string of the molecule is COCCOCCCN(CCOC)CCC(=O)OC. The van der Waals surface area contributed by atoms with Crippen LogP contribution in [0.25, 0.3) is 0 Å². The van der Waals surface area contributed by atoms with Crippen LogP contribution in [-0.4, -0.2) is 78.3 Å². The Morgan fingerprint density at radius 1 is 0.895 bits per heavy atom. The van der Waals surface area contributed by atoms with Crippen molar-refractivity contribution in [1.29, 1.82) is 0 Å². The lowest BCUT2D eigenvalue weighted by Gasteiger charge is -2.21. The molecular formula is C13H27NO5. The number of rotatable bonds is 13. The zero-order valence-corrected chi connectivity index (χ0v) is 12.4. The van der Waals surface area contributed by atoms with E-state index in [2.05, 4.69) is 9.64 Å². The lowest BCUT2D eigenvalue weighted by Crippen LogP contribution is -2.31. The molecule has 0 rings (SSSR count). The Morgan fingerprint density at radius 2 is 1.63 bits per heavy atom. The van der Waals surface area contributed by atoms with E-state index >= 15 is 0 Å². The summed E-state index contributed by atoms with van der Waals surface area (Å²) in [7, 11) is 4.74. The van der Waals surface area contributed by atoms with E-state index in [-0.39, 0.29) is 5.97 Å². The molecule has 6 heteroatoms. The standard InChI is InChI=1S/C13H27NO5/c1-16-10-8-14(7-5-13(15)18-3)6-4-9-19-12-11-17-2/h4-12H2,1-3H3. The van der Waals surface area contributed by atoms with Gasteiger partial charge in [0.05, 0.1) is 33.4 Å². The topological polar surface area (TPSA) is 57.2 Å². The maximum atomic E-state index is 11.1. The Morgan fingerprint density at radius 3 is 2.26 bits per heavy atom. The van der Waals surface area contributed by atoms with Crippen molar-refractivity contribution in [3.63, 3.8) is 0 Å². The van der Waals surface area contributed by atoms with E-state index in [4.69, 9.17) is 14.2 Å². The first-order valence-corrected chi connectivity index (χ1v) is 6.59. The van der Waals surface area contributed by atoms with Crippen molar-refractivity contribution in [3.8, 4) is 0 Å². The number of methoxy groups -OCH3 is 3. The van der Waals surface area contributed by atoms with Gasteiger partial charge >= 0.3 is 5.97 Å². The van der Waals surface area contributed by atoms with Gasteiger partial charge in [-0.1, -0.05) is 0 Å². The van der Waals surface area contributed by atoms with Crippen molar-refractivity contribution in [2.45, 2.75) is 12.8 Å². The van der Waals surface area contributed by atoms with E-state index in [1.165, 1.54) is 7.11 Å². The van der Waals surface area contributed by atoms with E-state index in [0.29, 0.717) is 39.4 Å². The smallest absolute Gasteiger partial charge is 0.306 e. The molecule has 0 aliphatic rings. The Kier molecular flexibility index (Phi) is 13.2. The van der Waals surface area contributed by atoms with Gasteiger partial charge in [-0.3, -0.25) is 4.79 Å². The fourth-order valence-corrected chi connectivity index (χ4v) is 1.54. The van der Waals surface area contributed by atoms with Crippen LogP contribution in [0.15, 0.2) is 0 Å². The molecule has 19 heavy (non-hydrogen) atoms. The summed E-state index contributed by atoms with van der Waals surface area (Å²) in [5.41, 5.74) is 0. The quantitative estimate of drug-likeness (QED) is 0.362. The van der Waals surface area contributed by atoms with Gasteiger partial charge in [0.2, 0.25) is 0 Å². The summed E-state index contributed by atoms with van der Waals surface area (Å²) in [5.74, 6) is -0.182. The minimum Gasteiger partial charge on any atom is -0.469 e. The predicted molar refractivity (Wildman–Crippen MR) is 72.3 cm³/mol. The molecule has 0 unspecified atom stereocenters. The molecule has 0 bridgehead atoms. The second-order valence-corrected chi connectivity index (χ2v) is 4.12. The predicted octanol–water partition coefficient (Wildman–Crippen LogP) is 0.551. The third kappa shape index (κ3) is 12.1. The monoisotopic (exact) mass is 277 g/mol. The summed E-state index contributed by atoms with van der Waals surface area (Å²) in [6.45, 7) is 4.98. The van der Waals surface area contributed by atoms with Gasteiger partial charge in [0.1, 0.15) is 0 Å². The zero-order valence-electron chi connectivity index (χ0n) is 12.4. The van der Waals surface area contributed by atoms with Gasteiger partial charge in [-0.05, 0) is 6.42 Å². The van der Waals surface area contributed by atoms with Crippen molar-refractivity contribution in [1.82, 2.24) is 4.90 Å². The maximum Gasteiger partial charge on any atom is 0.306 e. The Hall–Kier alpha value is -0.690. The minimum atomic E-state index is -0.182. The summed E-state index contributed by atoms with van der Waals surface area (Å²) >= 11 is 0. The van der Waals surface area contributed by atoms with Gasteiger partial charge < -0.3 is 23.8 Å². The van der Waals surface area contributed by atoms with Crippen molar-refractivity contribution >= 4 is 5.97 Å². The molecule has 0 fully saturated rings. The van der Waals surface area contributed by atoms with Gasteiger partial charge in [-0.2, -0.15) is 0 Å². The molecule has 0 saturated heterocycles. The van der Waals surface area contributed by atoms with Gasteiger partial charge in [0, 0.05) is 40.5 Å². The van der Waals surface area contributed by atoms with Crippen LogP contribution in [0.3, 0.4) is 0 Å². The van der Waals surface area contributed by atoms with Crippen molar-refractivity contribution in [3.05, 3.63) is 0 Å². The Bertz CT molecular complexity index is 213. The summed E-state index contributed by atoms with van der Waals surface area (Å²) in [5, 5.41) is 0. The second-order valence-electron chi connectivity index (χ2n) is 4.12. The molecule has 0 spiro atoms. The molecule has 6 nitrogen and oxygen atoms in total. The third-order valence-corrected chi connectivity index (χ3v) is 2.67. The van der Waals surface area contributed by atoms with Crippen LogP contribution in [0.5, 0.6) is 0 Å². The van der Waals surface area contributed by atoms with Gasteiger partial charge in [0.15, 0.2) is 0 Å². The van der Waals surface area contributed by atoms with E-state index < -0.39 is 0 Å². The van der Waals surface area contributed by atoms with Crippen LogP contribution in [0.1, 0.15) is 12.8 Å². The van der Waals surface area contributed by atoms with Gasteiger partial charge in [-0.15, -0.1) is 0 Å². The molecule has 0 saturated carbocycles. The average molecular weight is 277 g/mol. The van der Waals surface area contributed by atoms with Crippen LogP contribution in [0.4, 0.5) is 0 Å². The normalized spacial score (nSPS) is 10.9. The zero-order chi connectivity index (χ0) is 14.3. The molecule has 0 N–H and O–H groups in total. The molecule has 0 aromatic carbocycles. The number of carbonyl (C=O) groups is 1. The summed E-state index contributed by atoms with van der Waals surface area (Å²) < 4.78 is 20.0. The first-order chi connectivity index (χ1) is 9.24. The molecular weight excluding hydrogens is 250 g/mol. The molecule has 114 valence electrons. The van der Waals surface area contributed by atoms with Crippen molar-refractivity contribution in [2.24, 2.45) is 0 Å².